The molecule has 0 spiro atoms. The Bertz CT molecular complexity index is 1380. The predicted octanol–water partition coefficient (Wildman–Crippen LogP) is 20.7. The zero-order valence-electron chi connectivity index (χ0n) is 51.3. The zero-order valence-corrected chi connectivity index (χ0v) is 52.2. The number of amides is 1. The smallest absolute Gasteiger partial charge is 0.387 e. The van der Waals surface area contributed by atoms with E-state index in [2.05, 4.69) is 55.6 Å². The van der Waals surface area contributed by atoms with Crippen molar-refractivity contribution in [3.8, 4) is 0 Å². The van der Waals surface area contributed by atoms with Gasteiger partial charge in [0.05, 0.1) is 39.9 Å². The number of quaternary nitrogens is 1. The molecule has 8 nitrogen and oxygen atoms in total. The Morgan fingerprint density at radius 1 is 0.447 bits per heavy atom. The maximum Gasteiger partial charge on any atom is 0.472 e. The molecule has 9 heteroatoms. The third-order valence-corrected chi connectivity index (χ3v) is 16.0. The van der Waals surface area contributed by atoms with Gasteiger partial charge in [-0.1, -0.05) is 306 Å². The number of allylic oxidation sites excluding steroid dienone is 7. The van der Waals surface area contributed by atoms with Gasteiger partial charge < -0.3 is 19.8 Å². The summed E-state index contributed by atoms with van der Waals surface area (Å²) in [7, 11) is 1.58. The van der Waals surface area contributed by atoms with Gasteiger partial charge in [-0.15, -0.1) is 0 Å². The van der Waals surface area contributed by atoms with Gasteiger partial charge in [-0.25, -0.2) is 4.57 Å². The molecule has 0 saturated carbocycles. The molecule has 3 atom stereocenters. The highest BCUT2D eigenvalue weighted by molar-refractivity contribution is 7.47. The summed E-state index contributed by atoms with van der Waals surface area (Å²) in [6.07, 6.45) is 78.1. The van der Waals surface area contributed by atoms with Crippen molar-refractivity contribution in [1.29, 1.82) is 0 Å². The number of carbonyl (C=O) groups excluding carboxylic acids is 1. The van der Waals surface area contributed by atoms with Crippen LogP contribution in [-0.2, 0) is 18.4 Å². The number of aliphatic hydroxyl groups is 1. The molecule has 0 aliphatic heterocycles. The summed E-state index contributed by atoms with van der Waals surface area (Å²) in [6.45, 7) is 4.85. The molecule has 0 heterocycles. The van der Waals surface area contributed by atoms with Gasteiger partial charge in [-0.05, 0) is 57.8 Å². The van der Waals surface area contributed by atoms with Crippen LogP contribution in [0.2, 0.25) is 0 Å². The van der Waals surface area contributed by atoms with E-state index in [4.69, 9.17) is 9.05 Å². The maximum atomic E-state index is 13.0. The van der Waals surface area contributed by atoms with Crippen LogP contribution in [0.1, 0.15) is 322 Å². The number of nitrogens with zero attached hydrogens (tertiary/aromatic N) is 1. The second-order valence-corrected chi connectivity index (χ2v) is 25.3. The Labute approximate surface area is 473 Å². The first kappa shape index (κ1) is 74.5. The summed E-state index contributed by atoms with van der Waals surface area (Å²) in [5, 5.41) is 14.0. The number of phosphoric ester groups is 1. The topological polar surface area (TPSA) is 105 Å². The third kappa shape index (κ3) is 60.1. The normalized spacial score (nSPS) is 14.0. The molecular formula is C67H130N2O6P+. The molecule has 0 radical (unpaired) electrons. The molecule has 3 unspecified atom stereocenters. The second-order valence-electron chi connectivity index (χ2n) is 23.8. The highest BCUT2D eigenvalue weighted by Gasteiger charge is 2.28. The minimum Gasteiger partial charge on any atom is -0.387 e. The van der Waals surface area contributed by atoms with Crippen LogP contribution in [0.5, 0.6) is 0 Å². The van der Waals surface area contributed by atoms with E-state index < -0.39 is 20.0 Å². The van der Waals surface area contributed by atoms with E-state index in [9.17, 15) is 19.4 Å². The third-order valence-electron chi connectivity index (χ3n) is 15.0. The average molecular weight is 1090 g/mol. The number of phosphoric acid groups is 1. The van der Waals surface area contributed by atoms with Crippen molar-refractivity contribution in [2.24, 2.45) is 0 Å². The number of hydrogen-bond acceptors (Lipinski definition) is 5. The number of nitrogens with one attached hydrogen (secondary N) is 1. The van der Waals surface area contributed by atoms with E-state index in [1.165, 1.54) is 250 Å². The minimum absolute atomic E-state index is 0.0622. The molecular weight excluding hydrogens is 960 g/mol. The maximum absolute atomic E-state index is 13.0. The molecule has 0 aromatic carbocycles. The van der Waals surface area contributed by atoms with Gasteiger partial charge >= 0.3 is 7.82 Å². The van der Waals surface area contributed by atoms with Crippen molar-refractivity contribution in [3.05, 3.63) is 48.6 Å². The van der Waals surface area contributed by atoms with Crippen LogP contribution in [0.15, 0.2) is 48.6 Å². The van der Waals surface area contributed by atoms with E-state index in [0.717, 1.165) is 51.4 Å². The molecule has 448 valence electrons. The fraction of sp³-hybridized carbons (Fsp3) is 0.866. The number of likely N-dealkylation sites (N-methyl/N-ethyl adjacent to an activating group) is 1. The standard InChI is InChI=1S/C67H129N2O6P/c1-6-8-10-12-14-16-18-20-22-24-26-28-30-31-32-33-34-35-36-37-39-41-43-45-47-49-51-53-55-57-59-61-67(71)68-65(64-75-76(72,73)74-63-62-69(3,4)5)66(70)60-58-56-54-52-50-48-46-44-42-40-38-29-27-25-23-21-19-17-15-13-11-9-7-2/h18,20,24,26,30-31,58,60,65-66,70H,6-17,19,21-23,25,27-29,32-57,59,61-64H2,1-5H3,(H-,68,71,72,73)/p+1/b20-18-,26-24-,31-30-,60-58+. The molecule has 0 saturated heterocycles. The fourth-order valence-electron chi connectivity index (χ4n) is 9.88. The van der Waals surface area contributed by atoms with Crippen molar-refractivity contribution in [2.75, 3.05) is 40.9 Å². The summed E-state index contributed by atoms with van der Waals surface area (Å²) in [5.41, 5.74) is 0. The average Bonchev–Trinajstić information content (AvgIpc) is 3.38. The summed E-state index contributed by atoms with van der Waals surface area (Å²) in [5.74, 6) is -0.173. The molecule has 0 aliphatic rings. The van der Waals surface area contributed by atoms with Crippen molar-refractivity contribution in [1.82, 2.24) is 5.32 Å². The quantitative estimate of drug-likeness (QED) is 0.0243. The van der Waals surface area contributed by atoms with Gasteiger partial charge in [0.2, 0.25) is 5.91 Å². The van der Waals surface area contributed by atoms with Crippen molar-refractivity contribution in [3.63, 3.8) is 0 Å². The van der Waals surface area contributed by atoms with Crippen LogP contribution in [-0.4, -0.2) is 73.4 Å². The van der Waals surface area contributed by atoms with Gasteiger partial charge in [-0.3, -0.25) is 13.8 Å². The van der Waals surface area contributed by atoms with Crippen LogP contribution in [0.4, 0.5) is 0 Å². The summed E-state index contributed by atoms with van der Waals surface area (Å²) < 4.78 is 23.8. The van der Waals surface area contributed by atoms with Gasteiger partial charge in [-0.2, -0.15) is 0 Å². The number of aliphatic hydroxyl groups excluding tert-OH is 1. The Hall–Kier alpha value is -1.54. The van der Waals surface area contributed by atoms with Crippen LogP contribution in [0, 0.1) is 0 Å². The second kappa shape index (κ2) is 58.1. The Balaban J connectivity index is 4.09. The molecule has 0 aromatic rings. The lowest BCUT2D eigenvalue weighted by molar-refractivity contribution is -0.870. The lowest BCUT2D eigenvalue weighted by Gasteiger charge is -2.25. The first-order chi connectivity index (χ1) is 37.0. The molecule has 0 fully saturated rings. The first-order valence-electron chi connectivity index (χ1n) is 33.0. The molecule has 0 rings (SSSR count). The summed E-state index contributed by atoms with van der Waals surface area (Å²) in [4.78, 5) is 23.4. The van der Waals surface area contributed by atoms with Crippen molar-refractivity contribution < 1.29 is 32.9 Å². The first-order valence-corrected chi connectivity index (χ1v) is 34.5. The molecule has 0 aromatic heterocycles. The molecule has 3 N–H and O–H groups in total. The molecule has 0 aliphatic carbocycles. The minimum atomic E-state index is -4.35. The van der Waals surface area contributed by atoms with E-state index in [-0.39, 0.29) is 19.1 Å². The molecule has 1 amide bonds. The lowest BCUT2D eigenvalue weighted by atomic mass is 10.0. The molecule has 0 bridgehead atoms. The number of hydrogen-bond donors (Lipinski definition) is 3. The van der Waals surface area contributed by atoms with Crippen LogP contribution >= 0.6 is 7.82 Å². The van der Waals surface area contributed by atoms with Crippen LogP contribution in [0.3, 0.4) is 0 Å². The number of unbranched alkanes of at least 4 members (excludes halogenated alkanes) is 42. The largest absolute Gasteiger partial charge is 0.472 e. The van der Waals surface area contributed by atoms with E-state index in [1.54, 1.807) is 6.08 Å². The Morgan fingerprint density at radius 2 is 0.750 bits per heavy atom. The van der Waals surface area contributed by atoms with Crippen molar-refractivity contribution >= 4 is 13.7 Å². The highest BCUT2D eigenvalue weighted by atomic mass is 31.2. The summed E-state index contributed by atoms with van der Waals surface area (Å²) in [6, 6.07) is -0.848. The highest BCUT2D eigenvalue weighted by Crippen LogP contribution is 2.43. The van der Waals surface area contributed by atoms with Gasteiger partial charge in [0, 0.05) is 6.42 Å². The van der Waals surface area contributed by atoms with Gasteiger partial charge in [0.15, 0.2) is 0 Å². The monoisotopic (exact) mass is 1090 g/mol. The van der Waals surface area contributed by atoms with Crippen LogP contribution < -0.4 is 5.32 Å². The van der Waals surface area contributed by atoms with Gasteiger partial charge in [0.25, 0.3) is 0 Å². The lowest BCUT2D eigenvalue weighted by Crippen LogP contribution is -2.45. The van der Waals surface area contributed by atoms with Gasteiger partial charge in [0.1, 0.15) is 13.2 Å². The van der Waals surface area contributed by atoms with E-state index in [1.807, 2.05) is 27.2 Å². The Kier molecular flexibility index (Phi) is 56.9. The number of carbonyl (C=O) groups is 1. The fourth-order valence-corrected chi connectivity index (χ4v) is 10.6. The predicted molar refractivity (Wildman–Crippen MR) is 332 cm³/mol. The summed E-state index contributed by atoms with van der Waals surface area (Å²) >= 11 is 0. The SMILES string of the molecule is CCCCCCC/C=C\C/C=C\C/C=C\CCCCCCCCCCCCCCCCCCC(=O)NC(COP(=O)(O)OCC[N+](C)(C)C)C(O)/C=C/CCCCCCCCCCCCCCCCCCCCCCC. The van der Waals surface area contributed by atoms with E-state index >= 15 is 0 Å². The van der Waals surface area contributed by atoms with Crippen LogP contribution in [0.25, 0.3) is 0 Å². The number of rotatable bonds is 61. The Morgan fingerprint density at radius 3 is 1.09 bits per heavy atom. The zero-order chi connectivity index (χ0) is 55.6. The van der Waals surface area contributed by atoms with E-state index in [0.29, 0.717) is 17.4 Å². The molecule has 76 heavy (non-hydrogen) atoms. The van der Waals surface area contributed by atoms with Crippen molar-refractivity contribution in [2.45, 2.75) is 334 Å².